The van der Waals surface area contributed by atoms with Crippen molar-refractivity contribution in [3.05, 3.63) is 30.5 Å². The molecule has 0 radical (unpaired) electrons. The average molecular weight is 300 g/mol. The van der Waals surface area contributed by atoms with Gasteiger partial charge in [-0.25, -0.2) is 4.98 Å². The molecular weight excluding hydrogens is 280 g/mol. The van der Waals surface area contributed by atoms with Crippen molar-refractivity contribution < 1.29 is 9.59 Å². The van der Waals surface area contributed by atoms with Crippen molar-refractivity contribution >= 4 is 23.3 Å². The Bertz CT molecular complexity index is 582. The molecule has 1 aliphatic carbocycles. The van der Waals surface area contributed by atoms with E-state index in [0.29, 0.717) is 18.8 Å². The molecule has 0 spiro atoms. The number of amides is 2. The van der Waals surface area contributed by atoms with E-state index >= 15 is 0 Å². The standard InChI is InChI=1S/C16H20N4O2/c21-15-11-20(9-8-17-15)14-7-6-13(10-18-14)19-16(22)12-4-2-1-3-5-12/h1-2,6-7,10,12H,3-5,8-9,11H2,(H,17,21)(H,19,22). The van der Waals surface area contributed by atoms with Crippen LogP contribution >= 0.6 is 0 Å². The quantitative estimate of drug-likeness (QED) is 0.826. The number of carbonyl (C=O) groups is 2. The lowest BCUT2D eigenvalue weighted by Crippen LogP contribution is -2.48. The molecule has 2 aliphatic rings. The summed E-state index contributed by atoms with van der Waals surface area (Å²) in [5.41, 5.74) is 0.699. The van der Waals surface area contributed by atoms with E-state index in [-0.39, 0.29) is 17.7 Å². The van der Waals surface area contributed by atoms with Gasteiger partial charge >= 0.3 is 0 Å². The molecule has 1 aliphatic heterocycles. The second kappa shape index (κ2) is 6.60. The van der Waals surface area contributed by atoms with E-state index < -0.39 is 0 Å². The maximum atomic E-state index is 12.2. The summed E-state index contributed by atoms with van der Waals surface area (Å²) in [5, 5.41) is 5.70. The van der Waals surface area contributed by atoms with Crippen LogP contribution in [0.5, 0.6) is 0 Å². The van der Waals surface area contributed by atoms with Gasteiger partial charge in [0.2, 0.25) is 11.8 Å². The van der Waals surface area contributed by atoms with Crippen LogP contribution in [0.1, 0.15) is 19.3 Å². The number of hydrogen-bond donors (Lipinski definition) is 2. The second-order valence-corrected chi connectivity index (χ2v) is 5.65. The maximum absolute atomic E-state index is 12.2. The number of anilines is 2. The Balaban J connectivity index is 1.60. The predicted molar refractivity (Wildman–Crippen MR) is 84.6 cm³/mol. The van der Waals surface area contributed by atoms with Crippen LogP contribution in [0, 0.1) is 5.92 Å². The molecule has 6 heteroatoms. The summed E-state index contributed by atoms with van der Waals surface area (Å²) in [4.78, 5) is 29.8. The van der Waals surface area contributed by atoms with Crippen LogP contribution in [0.15, 0.2) is 30.5 Å². The zero-order chi connectivity index (χ0) is 15.4. The number of aromatic nitrogens is 1. The normalized spacial score (nSPS) is 21.4. The first-order valence-electron chi connectivity index (χ1n) is 7.66. The van der Waals surface area contributed by atoms with E-state index in [1.54, 1.807) is 6.20 Å². The molecule has 2 N–H and O–H groups in total. The summed E-state index contributed by atoms with van der Waals surface area (Å²) in [6.45, 7) is 1.71. The Morgan fingerprint density at radius 3 is 2.95 bits per heavy atom. The summed E-state index contributed by atoms with van der Waals surface area (Å²) >= 11 is 0. The van der Waals surface area contributed by atoms with E-state index in [1.807, 2.05) is 17.0 Å². The van der Waals surface area contributed by atoms with Gasteiger partial charge in [-0.05, 0) is 31.4 Å². The Kier molecular flexibility index (Phi) is 4.37. The average Bonchev–Trinajstić information content (AvgIpc) is 2.56. The molecule has 2 heterocycles. The van der Waals surface area contributed by atoms with Crippen LogP contribution in [0.3, 0.4) is 0 Å². The Hall–Kier alpha value is -2.37. The summed E-state index contributed by atoms with van der Waals surface area (Å²) in [6, 6.07) is 3.68. The van der Waals surface area contributed by atoms with Gasteiger partial charge in [-0.15, -0.1) is 0 Å². The third kappa shape index (κ3) is 3.44. The molecule has 1 unspecified atom stereocenters. The van der Waals surface area contributed by atoms with Crippen molar-refractivity contribution in [3.63, 3.8) is 0 Å². The highest BCUT2D eigenvalue weighted by atomic mass is 16.2. The van der Waals surface area contributed by atoms with Crippen molar-refractivity contribution in [3.8, 4) is 0 Å². The van der Waals surface area contributed by atoms with Crippen molar-refractivity contribution in [2.75, 3.05) is 29.9 Å². The zero-order valence-corrected chi connectivity index (χ0v) is 12.4. The molecule has 0 bridgehead atoms. The summed E-state index contributed by atoms with van der Waals surface area (Å²) in [5.74, 6) is 0.871. The highest BCUT2D eigenvalue weighted by Crippen LogP contribution is 2.21. The lowest BCUT2D eigenvalue weighted by molar-refractivity contribution is -0.121. The molecule has 1 aromatic heterocycles. The molecule has 116 valence electrons. The molecular formula is C16H20N4O2. The highest BCUT2D eigenvalue weighted by molar-refractivity contribution is 5.92. The van der Waals surface area contributed by atoms with Crippen molar-refractivity contribution in [1.82, 2.24) is 10.3 Å². The topological polar surface area (TPSA) is 74.3 Å². The molecule has 0 saturated carbocycles. The van der Waals surface area contributed by atoms with Gasteiger partial charge in [0.05, 0.1) is 18.4 Å². The van der Waals surface area contributed by atoms with E-state index in [9.17, 15) is 9.59 Å². The maximum Gasteiger partial charge on any atom is 0.239 e. The monoisotopic (exact) mass is 300 g/mol. The number of pyridine rings is 1. The van der Waals surface area contributed by atoms with Crippen LogP contribution in [0.2, 0.25) is 0 Å². The lowest BCUT2D eigenvalue weighted by atomic mass is 9.93. The third-order valence-electron chi connectivity index (χ3n) is 4.02. The number of allylic oxidation sites excluding steroid dienone is 2. The van der Waals surface area contributed by atoms with Gasteiger partial charge in [-0.2, -0.15) is 0 Å². The molecule has 1 fully saturated rings. The molecule has 2 amide bonds. The van der Waals surface area contributed by atoms with Crippen molar-refractivity contribution in [2.45, 2.75) is 19.3 Å². The molecule has 3 rings (SSSR count). The van der Waals surface area contributed by atoms with Gasteiger partial charge in [-0.3, -0.25) is 9.59 Å². The van der Waals surface area contributed by atoms with Gasteiger partial charge in [0, 0.05) is 19.0 Å². The van der Waals surface area contributed by atoms with Gasteiger partial charge in [-0.1, -0.05) is 12.2 Å². The number of hydrogen-bond acceptors (Lipinski definition) is 4. The minimum Gasteiger partial charge on any atom is -0.353 e. The zero-order valence-electron chi connectivity index (χ0n) is 12.4. The lowest BCUT2D eigenvalue weighted by Gasteiger charge is -2.27. The van der Waals surface area contributed by atoms with Gasteiger partial charge in [0.15, 0.2) is 0 Å². The van der Waals surface area contributed by atoms with E-state index in [0.717, 1.165) is 31.6 Å². The minimum atomic E-state index is 0.00998. The predicted octanol–water partition coefficient (Wildman–Crippen LogP) is 1.31. The molecule has 1 saturated heterocycles. The van der Waals surface area contributed by atoms with Crippen LogP contribution in [-0.2, 0) is 9.59 Å². The van der Waals surface area contributed by atoms with Gasteiger partial charge in [0.1, 0.15) is 5.82 Å². The van der Waals surface area contributed by atoms with Crippen molar-refractivity contribution in [1.29, 1.82) is 0 Å². The van der Waals surface area contributed by atoms with E-state index in [4.69, 9.17) is 0 Å². The van der Waals surface area contributed by atoms with Crippen molar-refractivity contribution in [2.24, 2.45) is 5.92 Å². The van der Waals surface area contributed by atoms with Crippen LogP contribution in [0.4, 0.5) is 11.5 Å². The molecule has 1 aromatic rings. The number of rotatable bonds is 3. The summed E-state index contributed by atoms with van der Waals surface area (Å²) in [7, 11) is 0. The number of carbonyl (C=O) groups excluding carboxylic acids is 2. The molecule has 6 nitrogen and oxygen atoms in total. The Morgan fingerprint density at radius 2 is 2.27 bits per heavy atom. The number of nitrogens with zero attached hydrogens (tertiary/aromatic N) is 2. The van der Waals surface area contributed by atoms with Crippen LogP contribution in [-0.4, -0.2) is 36.4 Å². The highest BCUT2D eigenvalue weighted by Gasteiger charge is 2.20. The first-order chi connectivity index (χ1) is 10.7. The Labute approximate surface area is 129 Å². The minimum absolute atomic E-state index is 0.00998. The SMILES string of the molecule is O=C1CN(c2ccc(NC(=O)C3CC=CCC3)cn2)CCN1. The number of piperazine rings is 1. The van der Waals surface area contributed by atoms with Crippen LogP contribution < -0.4 is 15.5 Å². The Morgan fingerprint density at radius 1 is 1.36 bits per heavy atom. The fraction of sp³-hybridized carbons (Fsp3) is 0.438. The third-order valence-corrected chi connectivity index (χ3v) is 4.02. The largest absolute Gasteiger partial charge is 0.353 e. The first kappa shape index (κ1) is 14.6. The van der Waals surface area contributed by atoms with Gasteiger partial charge in [0.25, 0.3) is 0 Å². The van der Waals surface area contributed by atoms with E-state index in [1.165, 1.54) is 0 Å². The van der Waals surface area contributed by atoms with Crippen LogP contribution in [0.25, 0.3) is 0 Å². The molecule has 22 heavy (non-hydrogen) atoms. The summed E-state index contributed by atoms with van der Waals surface area (Å²) < 4.78 is 0. The second-order valence-electron chi connectivity index (χ2n) is 5.65. The first-order valence-corrected chi connectivity index (χ1v) is 7.66. The number of nitrogens with one attached hydrogen (secondary N) is 2. The van der Waals surface area contributed by atoms with Gasteiger partial charge < -0.3 is 15.5 Å². The fourth-order valence-corrected chi connectivity index (χ4v) is 2.76. The van der Waals surface area contributed by atoms with E-state index in [2.05, 4.69) is 27.8 Å². The smallest absolute Gasteiger partial charge is 0.239 e. The summed E-state index contributed by atoms with van der Waals surface area (Å²) in [6.07, 6.45) is 8.51. The molecule has 1 atom stereocenters. The molecule has 0 aromatic carbocycles. The fourth-order valence-electron chi connectivity index (χ4n) is 2.76.